The Bertz CT molecular complexity index is 473. The largest absolute Gasteiger partial charge is 0.496 e. The van der Waals surface area contributed by atoms with E-state index in [4.69, 9.17) is 15.2 Å². The van der Waals surface area contributed by atoms with Gasteiger partial charge in [-0.1, -0.05) is 6.07 Å². The van der Waals surface area contributed by atoms with E-state index in [9.17, 15) is 4.79 Å². The van der Waals surface area contributed by atoms with Crippen LogP contribution in [-0.4, -0.2) is 57.3 Å². The van der Waals surface area contributed by atoms with Gasteiger partial charge in [0.1, 0.15) is 11.3 Å². The molecular formula is C15H23N3O3. The predicted octanol–water partition coefficient (Wildman–Crippen LogP) is 0.730. The molecule has 0 aromatic heterocycles. The first-order valence-electron chi connectivity index (χ1n) is 7.23. The highest BCUT2D eigenvalue weighted by molar-refractivity contribution is 6.01. The summed E-state index contributed by atoms with van der Waals surface area (Å²) in [5.74, 6) is 0.313. The molecule has 0 saturated carbocycles. The number of benzene rings is 1. The number of nitrogen functional groups attached to an aromatic ring is 1. The highest BCUT2D eigenvalue weighted by atomic mass is 16.5. The van der Waals surface area contributed by atoms with Gasteiger partial charge in [-0.25, -0.2) is 0 Å². The summed E-state index contributed by atoms with van der Waals surface area (Å²) in [4.78, 5) is 14.5. The lowest BCUT2D eigenvalue weighted by atomic mass is 10.1. The average Bonchev–Trinajstić information content (AvgIpc) is 2.52. The van der Waals surface area contributed by atoms with Gasteiger partial charge in [-0.05, 0) is 25.1 Å². The molecule has 1 aromatic rings. The lowest BCUT2D eigenvalue weighted by Gasteiger charge is -2.26. The van der Waals surface area contributed by atoms with Gasteiger partial charge in [-0.3, -0.25) is 9.69 Å². The fourth-order valence-electron chi connectivity index (χ4n) is 2.38. The Labute approximate surface area is 125 Å². The third kappa shape index (κ3) is 4.34. The SMILES string of the molecule is COc1cccc(N)c1C(=O)NCCCN1CCOCC1. The van der Waals surface area contributed by atoms with Crippen molar-refractivity contribution < 1.29 is 14.3 Å². The van der Waals surface area contributed by atoms with Crippen molar-refractivity contribution >= 4 is 11.6 Å². The van der Waals surface area contributed by atoms with E-state index >= 15 is 0 Å². The molecule has 2 rings (SSSR count). The number of methoxy groups -OCH3 is 1. The van der Waals surface area contributed by atoms with Crippen LogP contribution in [0.4, 0.5) is 5.69 Å². The van der Waals surface area contributed by atoms with E-state index in [1.54, 1.807) is 18.2 Å². The molecule has 1 aliphatic rings. The summed E-state index contributed by atoms with van der Waals surface area (Å²) in [7, 11) is 1.53. The molecule has 0 atom stereocenters. The van der Waals surface area contributed by atoms with Gasteiger partial charge in [-0.15, -0.1) is 0 Å². The molecule has 21 heavy (non-hydrogen) atoms. The summed E-state index contributed by atoms with van der Waals surface area (Å²) in [5.41, 5.74) is 6.70. The topological polar surface area (TPSA) is 76.8 Å². The molecule has 0 aliphatic carbocycles. The molecule has 0 unspecified atom stereocenters. The van der Waals surface area contributed by atoms with Crippen LogP contribution >= 0.6 is 0 Å². The molecule has 1 amide bonds. The molecule has 1 fully saturated rings. The van der Waals surface area contributed by atoms with Crippen molar-refractivity contribution in [2.24, 2.45) is 0 Å². The van der Waals surface area contributed by atoms with Crippen molar-refractivity contribution in [3.05, 3.63) is 23.8 Å². The second-order valence-electron chi connectivity index (χ2n) is 4.99. The Morgan fingerprint density at radius 1 is 1.43 bits per heavy atom. The van der Waals surface area contributed by atoms with Gasteiger partial charge in [-0.2, -0.15) is 0 Å². The zero-order chi connectivity index (χ0) is 15.1. The van der Waals surface area contributed by atoms with Crippen molar-refractivity contribution in [3.63, 3.8) is 0 Å². The van der Waals surface area contributed by atoms with Gasteiger partial charge in [0.25, 0.3) is 5.91 Å². The van der Waals surface area contributed by atoms with Crippen LogP contribution in [0.25, 0.3) is 0 Å². The summed E-state index contributed by atoms with van der Waals surface area (Å²) in [6.45, 7) is 5.10. The highest BCUT2D eigenvalue weighted by Crippen LogP contribution is 2.23. The summed E-state index contributed by atoms with van der Waals surface area (Å²) < 4.78 is 10.5. The molecule has 0 radical (unpaired) electrons. The van der Waals surface area contributed by atoms with Crippen LogP contribution in [0.2, 0.25) is 0 Å². The third-order valence-corrected chi connectivity index (χ3v) is 3.55. The Hall–Kier alpha value is -1.79. The zero-order valence-corrected chi connectivity index (χ0v) is 12.4. The molecule has 1 saturated heterocycles. The number of nitrogens with two attached hydrogens (primary N) is 1. The molecule has 1 aromatic carbocycles. The number of hydrogen-bond donors (Lipinski definition) is 2. The molecule has 1 aliphatic heterocycles. The molecule has 116 valence electrons. The number of carbonyl (C=O) groups excluding carboxylic acids is 1. The number of hydrogen-bond acceptors (Lipinski definition) is 5. The second-order valence-corrected chi connectivity index (χ2v) is 4.99. The van der Waals surface area contributed by atoms with Crippen molar-refractivity contribution in [1.29, 1.82) is 0 Å². The molecule has 1 heterocycles. The van der Waals surface area contributed by atoms with Crippen LogP contribution < -0.4 is 15.8 Å². The summed E-state index contributed by atoms with van der Waals surface area (Å²) in [6.07, 6.45) is 0.904. The maximum Gasteiger partial charge on any atom is 0.257 e. The number of morpholine rings is 1. The molecular weight excluding hydrogens is 270 g/mol. The maximum absolute atomic E-state index is 12.2. The van der Waals surface area contributed by atoms with Crippen LogP contribution in [0.1, 0.15) is 16.8 Å². The molecule has 3 N–H and O–H groups in total. The van der Waals surface area contributed by atoms with E-state index in [1.165, 1.54) is 7.11 Å². The van der Waals surface area contributed by atoms with Crippen LogP contribution in [0, 0.1) is 0 Å². The summed E-state index contributed by atoms with van der Waals surface area (Å²) in [5, 5.41) is 2.90. The molecule has 6 nitrogen and oxygen atoms in total. The highest BCUT2D eigenvalue weighted by Gasteiger charge is 2.15. The van der Waals surface area contributed by atoms with Crippen molar-refractivity contribution in [3.8, 4) is 5.75 Å². The van der Waals surface area contributed by atoms with E-state index in [-0.39, 0.29) is 5.91 Å². The fourth-order valence-corrected chi connectivity index (χ4v) is 2.38. The minimum Gasteiger partial charge on any atom is -0.496 e. The van der Waals surface area contributed by atoms with E-state index in [1.807, 2.05) is 0 Å². The Morgan fingerprint density at radius 2 is 2.19 bits per heavy atom. The van der Waals surface area contributed by atoms with Crippen LogP contribution in [0.15, 0.2) is 18.2 Å². The molecule has 0 bridgehead atoms. The fraction of sp³-hybridized carbons (Fsp3) is 0.533. The number of anilines is 1. The Morgan fingerprint density at radius 3 is 2.90 bits per heavy atom. The van der Waals surface area contributed by atoms with Gasteiger partial charge in [0.05, 0.1) is 20.3 Å². The molecule has 0 spiro atoms. The monoisotopic (exact) mass is 293 g/mol. The van der Waals surface area contributed by atoms with Gasteiger partial charge < -0.3 is 20.5 Å². The number of nitrogens with one attached hydrogen (secondary N) is 1. The predicted molar refractivity (Wildman–Crippen MR) is 81.6 cm³/mol. The zero-order valence-electron chi connectivity index (χ0n) is 12.4. The average molecular weight is 293 g/mol. The van der Waals surface area contributed by atoms with Crippen molar-refractivity contribution in [2.45, 2.75) is 6.42 Å². The lowest BCUT2D eigenvalue weighted by Crippen LogP contribution is -2.38. The van der Waals surface area contributed by atoms with Gasteiger partial charge >= 0.3 is 0 Å². The lowest BCUT2D eigenvalue weighted by molar-refractivity contribution is 0.0374. The standard InChI is InChI=1S/C15H23N3O3/c1-20-13-5-2-4-12(16)14(13)15(19)17-6-3-7-18-8-10-21-11-9-18/h2,4-5H,3,6-11,16H2,1H3,(H,17,19). The van der Waals surface area contributed by atoms with Crippen molar-refractivity contribution in [1.82, 2.24) is 10.2 Å². The first kappa shape index (κ1) is 15.6. The minimum atomic E-state index is -0.188. The second kappa shape index (κ2) is 7.85. The minimum absolute atomic E-state index is 0.188. The van der Waals surface area contributed by atoms with Gasteiger partial charge in [0.2, 0.25) is 0 Å². The van der Waals surface area contributed by atoms with Crippen LogP contribution in [0.5, 0.6) is 5.75 Å². The van der Waals surface area contributed by atoms with Crippen molar-refractivity contribution in [2.75, 3.05) is 52.2 Å². The number of carbonyl (C=O) groups is 1. The van der Waals surface area contributed by atoms with E-state index in [0.717, 1.165) is 39.3 Å². The quantitative estimate of drug-likeness (QED) is 0.597. The smallest absolute Gasteiger partial charge is 0.257 e. The van der Waals surface area contributed by atoms with E-state index in [2.05, 4.69) is 10.2 Å². The van der Waals surface area contributed by atoms with E-state index in [0.29, 0.717) is 23.5 Å². The van der Waals surface area contributed by atoms with Crippen LogP contribution in [-0.2, 0) is 4.74 Å². The third-order valence-electron chi connectivity index (χ3n) is 3.55. The summed E-state index contributed by atoms with van der Waals surface area (Å²) in [6, 6.07) is 5.20. The normalized spacial score (nSPS) is 15.7. The first-order chi connectivity index (χ1) is 10.2. The maximum atomic E-state index is 12.2. The number of amides is 1. The Balaban J connectivity index is 1.79. The number of ether oxygens (including phenoxy) is 2. The molecule has 6 heteroatoms. The number of rotatable bonds is 6. The van der Waals surface area contributed by atoms with E-state index < -0.39 is 0 Å². The van der Waals surface area contributed by atoms with Gasteiger partial charge in [0.15, 0.2) is 0 Å². The summed E-state index contributed by atoms with van der Waals surface area (Å²) >= 11 is 0. The first-order valence-corrected chi connectivity index (χ1v) is 7.23. The van der Waals surface area contributed by atoms with Crippen LogP contribution in [0.3, 0.4) is 0 Å². The van der Waals surface area contributed by atoms with Gasteiger partial charge in [0, 0.05) is 25.3 Å². The Kier molecular flexibility index (Phi) is 5.83. The number of nitrogens with zero attached hydrogens (tertiary/aromatic N) is 1.